The highest BCUT2D eigenvalue weighted by Crippen LogP contribution is 2.28. The number of halogens is 1. The van der Waals surface area contributed by atoms with Gasteiger partial charge < -0.3 is 15.0 Å². The van der Waals surface area contributed by atoms with E-state index in [1.807, 2.05) is 0 Å². The summed E-state index contributed by atoms with van der Waals surface area (Å²) in [4.78, 5) is 22.3. The third-order valence-corrected chi connectivity index (χ3v) is 3.82. The molecule has 0 bridgehead atoms. The first-order chi connectivity index (χ1) is 9.28. The van der Waals surface area contributed by atoms with Crippen molar-refractivity contribution in [3.63, 3.8) is 0 Å². The normalized spacial score (nSPS) is 24.1. The van der Waals surface area contributed by atoms with Crippen LogP contribution in [0.25, 0.3) is 0 Å². The fraction of sp³-hybridized carbons (Fsp3) is 0.615. The Morgan fingerprint density at radius 3 is 2.50 bits per heavy atom. The highest BCUT2D eigenvalue weighted by atomic mass is 35.5. The van der Waals surface area contributed by atoms with Crippen LogP contribution >= 0.6 is 12.4 Å². The molecule has 6 nitrogen and oxygen atoms in total. The Morgan fingerprint density at radius 1 is 1.35 bits per heavy atom. The molecule has 7 heteroatoms. The molecule has 2 aliphatic heterocycles. The van der Waals surface area contributed by atoms with Gasteiger partial charge in [0.05, 0.1) is 12.2 Å². The number of ether oxygens (including phenoxy) is 1. The smallest absolute Gasteiger partial charge is 0.341 e. The summed E-state index contributed by atoms with van der Waals surface area (Å²) < 4.78 is 4.91. The highest BCUT2D eigenvalue weighted by Gasteiger charge is 2.37. The molecule has 20 heavy (non-hydrogen) atoms. The van der Waals surface area contributed by atoms with E-state index in [9.17, 15) is 4.79 Å². The van der Waals surface area contributed by atoms with Crippen LogP contribution < -0.4 is 10.2 Å². The zero-order chi connectivity index (χ0) is 13.2. The van der Waals surface area contributed by atoms with Crippen LogP contribution in [0.3, 0.4) is 0 Å². The molecule has 0 saturated carbocycles. The number of rotatable bonds is 3. The average molecular weight is 299 g/mol. The van der Waals surface area contributed by atoms with Crippen LogP contribution in [0, 0.1) is 11.8 Å². The zero-order valence-electron chi connectivity index (χ0n) is 11.4. The molecule has 3 heterocycles. The SMILES string of the molecule is CCOC(=O)c1cnc(N2CC3CNCC3C2)nc1.Cl. The van der Waals surface area contributed by atoms with E-state index >= 15 is 0 Å². The second kappa shape index (κ2) is 6.37. The molecule has 0 radical (unpaired) electrons. The van der Waals surface area contributed by atoms with Crippen LogP contribution in [-0.2, 0) is 4.74 Å². The van der Waals surface area contributed by atoms with E-state index in [2.05, 4.69) is 20.2 Å². The average Bonchev–Trinajstić information content (AvgIpc) is 3.00. The van der Waals surface area contributed by atoms with Gasteiger partial charge in [0.15, 0.2) is 0 Å². The summed E-state index contributed by atoms with van der Waals surface area (Å²) in [5.74, 6) is 1.75. The first kappa shape index (κ1) is 15.0. The maximum absolute atomic E-state index is 11.5. The standard InChI is InChI=1S/C13H18N4O2.ClH/c1-2-19-12(18)9-5-15-13(16-6-9)17-7-10-3-14-4-11(10)8-17;/h5-6,10-11,14H,2-4,7-8H2,1H3;1H. The predicted molar refractivity (Wildman–Crippen MR) is 77.3 cm³/mol. The van der Waals surface area contributed by atoms with Crippen molar-refractivity contribution in [2.75, 3.05) is 37.7 Å². The summed E-state index contributed by atoms with van der Waals surface area (Å²) in [6.45, 7) is 6.31. The van der Waals surface area contributed by atoms with E-state index in [1.165, 1.54) is 0 Å². The number of nitrogens with zero attached hydrogens (tertiary/aromatic N) is 3. The fourth-order valence-electron chi connectivity index (χ4n) is 2.82. The first-order valence-electron chi connectivity index (χ1n) is 6.72. The van der Waals surface area contributed by atoms with Gasteiger partial charge in [0, 0.05) is 38.6 Å². The molecular formula is C13H19ClN4O2. The van der Waals surface area contributed by atoms with Crippen molar-refractivity contribution in [1.82, 2.24) is 15.3 Å². The number of hydrogen-bond acceptors (Lipinski definition) is 6. The van der Waals surface area contributed by atoms with Crippen LogP contribution in [0.5, 0.6) is 0 Å². The van der Waals surface area contributed by atoms with Gasteiger partial charge in [-0.3, -0.25) is 0 Å². The molecule has 2 fully saturated rings. The van der Waals surface area contributed by atoms with Crippen molar-refractivity contribution in [1.29, 1.82) is 0 Å². The molecule has 3 rings (SSSR count). The number of esters is 1. The van der Waals surface area contributed by atoms with Gasteiger partial charge in [-0.25, -0.2) is 14.8 Å². The van der Waals surface area contributed by atoms with E-state index in [1.54, 1.807) is 19.3 Å². The van der Waals surface area contributed by atoms with Gasteiger partial charge >= 0.3 is 5.97 Å². The lowest BCUT2D eigenvalue weighted by Crippen LogP contribution is -2.27. The van der Waals surface area contributed by atoms with E-state index in [-0.39, 0.29) is 18.4 Å². The second-order valence-electron chi connectivity index (χ2n) is 5.08. The number of carbonyl (C=O) groups excluding carboxylic acids is 1. The zero-order valence-corrected chi connectivity index (χ0v) is 12.2. The quantitative estimate of drug-likeness (QED) is 0.830. The van der Waals surface area contributed by atoms with Gasteiger partial charge in [0.25, 0.3) is 0 Å². The van der Waals surface area contributed by atoms with Gasteiger partial charge in [-0.1, -0.05) is 0 Å². The maximum atomic E-state index is 11.5. The summed E-state index contributed by atoms with van der Waals surface area (Å²) in [6, 6.07) is 0. The van der Waals surface area contributed by atoms with Crippen molar-refractivity contribution < 1.29 is 9.53 Å². The Bertz CT molecular complexity index is 456. The lowest BCUT2D eigenvalue weighted by molar-refractivity contribution is 0.0525. The molecule has 0 aromatic carbocycles. The minimum atomic E-state index is -0.364. The van der Waals surface area contributed by atoms with Crippen molar-refractivity contribution in [3.8, 4) is 0 Å². The summed E-state index contributed by atoms with van der Waals surface area (Å²) in [7, 11) is 0. The Balaban J connectivity index is 0.00000147. The van der Waals surface area contributed by atoms with E-state index < -0.39 is 0 Å². The van der Waals surface area contributed by atoms with Crippen LogP contribution in [0.15, 0.2) is 12.4 Å². The molecule has 1 aromatic rings. The minimum Gasteiger partial charge on any atom is -0.462 e. The molecule has 0 aliphatic carbocycles. The predicted octanol–water partition coefficient (Wildman–Crippen LogP) is 0.731. The third-order valence-electron chi connectivity index (χ3n) is 3.82. The van der Waals surface area contributed by atoms with Crippen LogP contribution in [0.4, 0.5) is 5.95 Å². The lowest BCUT2D eigenvalue weighted by atomic mass is 10.0. The van der Waals surface area contributed by atoms with Crippen molar-refractivity contribution in [3.05, 3.63) is 18.0 Å². The third kappa shape index (κ3) is 2.86. The van der Waals surface area contributed by atoms with Crippen molar-refractivity contribution in [2.24, 2.45) is 11.8 Å². The monoisotopic (exact) mass is 298 g/mol. The van der Waals surface area contributed by atoms with Crippen LogP contribution in [0.1, 0.15) is 17.3 Å². The number of anilines is 1. The molecule has 2 atom stereocenters. The topological polar surface area (TPSA) is 67.3 Å². The Kier molecular flexibility index (Phi) is 4.77. The minimum absolute atomic E-state index is 0. The van der Waals surface area contributed by atoms with Gasteiger partial charge in [0.2, 0.25) is 5.95 Å². The van der Waals surface area contributed by atoms with E-state index in [0.29, 0.717) is 30.0 Å². The van der Waals surface area contributed by atoms with Gasteiger partial charge in [0.1, 0.15) is 0 Å². The van der Waals surface area contributed by atoms with Gasteiger partial charge in [-0.15, -0.1) is 12.4 Å². The van der Waals surface area contributed by atoms with Gasteiger partial charge in [-0.2, -0.15) is 0 Å². The number of hydrogen-bond donors (Lipinski definition) is 1. The Morgan fingerprint density at radius 2 is 1.95 bits per heavy atom. The lowest BCUT2D eigenvalue weighted by Gasteiger charge is -2.17. The number of carbonyl (C=O) groups is 1. The second-order valence-corrected chi connectivity index (χ2v) is 5.08. The molecule has 2 aliphatic rings. The van der Waals surface area contributed by atoms with E-state index in [4.69, 9.17) is 4.74 Å². The van der Waals surface area contributed by atoms with Gasteiger partial charge in [-0.05, 0) is 18.8 Å². The molecule has 2 unspecified atom stereocenters. The summed E-state index contributed by atoms with van der Waals surface area (Å²) in [5.41, 5.74) is 0.409. The number of nitrogens with one attached hydrogen (secondary N) is 1. The van der Waals surface area contributed by atoms with Crippen molar-refractivity contribution in [2.45, 2.75) is 6.92 Å². The Hall–Kier alpha value is -1.40. The molecule has 1 N–H and O–H groups in total. The fourth-order valence-corrected chi connectivity index (χ4v) is 2.82. The largest absolute Gasteiger partial charge is 0.462 e. The summed E-state index contributed by atoms with van der Waals surface area (Å²) >= 11 is 0. The highest BCUT2D eigenvalue weighted by molar-refractivity contribution is 5.88. The molecule has 0 amide bonds. The molecule has 110 valence electrons. The first-order valence-corrected chi connectivity index (χ1v) is 6.72. The van der Waals surface area contributed by atoms with Crippen molar-refractivity contribution >= 4 is 24.3 Å². The Labute approximate surface area is 124 Å². The van der Waals surface area contributed by atoms with Crippen LogP contribution in [-0.4, -0.2) is 48.7 Å². The molecule has 2 saturated heterocycles. The van der Waals surface area contributed by atoms with E-state index in [0.717, 1.165) is 26.2 Å². The molecule has 0 spiro atoms. The summed E-state index contributed by atoms with van der Waals surface area (Å²) in [6.07, 6.45) is 3.10. The number of aromatic nitrogens is 2. The number of fused-ring (bicyclic) bond motifs is 1. The van der Waals surface area contributed by atoms with Crippen LogP contribution in [0.2, 0.25) is 0 Å². The summed E-state index contributed by atoms with van der Waals surface area (Å²) in [5, 5.41) is 3.41. The molecule has 1 aromatic heterocycles. The molecular weight excluding hydrogens is 280 g/mol. The maximum Gasteiger partial charge on any atom is 0.341 e.